The van der Waals surface area contributed by atoms with Crippen LogP contribution in [0.25, 0.3) is 0 Å². The Kier molecular flexibility index (Phi) is 4.28. The van der Waals surface area contributed by atoms with Gasteiger partial charge >= 0.3 is 0 Å². The Hall–Kier alpha value is -2.34. The topological polar surface area (TPSA) is 78.5 Å². The molecule has 0 aromatic heterocycles. The van der Waals surface area contributed by atoms with Gasteiger partial charge in [0.2, 0.25) is 11.8 Å². The Labute approximate surface area is 126 Å². The number of halogens is 1. The van der Waals surface area contributed by atoms with E-state index in [0.29, 0.717) is 22.1 Å². The first-order valence-corrected chi connectivity index (χ1v) is 6.61. The van der Waals surface area contributed by atoms with E-state index in [1.807, 2.05) is 0 Å². The number of hydrogen-bond acceptors (Lipinski definition) is 4. The second-order valence-corrected chi connectivity index (χ2v) is 5.02. The monoisotopic (exact) mass is 307 g/mol. The van der Waals surface area contributed by atoms with Gasteiger partial charge in [-0.2, -0.15) is 0 Å². The molecule has 1 aromatic rings. The molecule has 0 aliphatic carbocycles. The van der Waals surface area contributed by atoms with Crippen LogP contribution >= 0.6 is 11.6 Å². The van der Waals surface area contributed by atoms with Crippen LogP contribution in [0.5, 0.6) is 0 Å². The zero-order chi connectivity index (χ0) is 15.6. The molecule has 1 aliphatic rings. The first-order chi connectivity index (χ1) is 9.86. The van der Waals surface area contributed by atoms with Gasteiger partial charge in [0.1, 0.15) is 0 Å². The lowest BCUT2D eigenvalue weighted by Gasteiger charge is -2.13. The van der Waals surface area contributed by atoms with E-state index in [1.165, 1.54) is 19.9 Å². The molecule has 6 nitrogen and oxygen atoms in total. The summed E-state index contributed by atoms with van der Waals surface area (Å²) in [5.41, 5.74) is 1.74. The Balaban J connectivity index is 2.14. The van der Waals surface area contributed by atoms with Crippen molar-refractivity contribution in [3.05, 3.63) is 35.0 Å². The number of nitrogens with one attached hydrogen (secondary N) is 2. The molecule has 0 fully saturated rings. The highest BCUT2D eigenvalue weighted by Gasteiger charge is 2.24. The van der Waals surface area contributed by atoms with Crippen molar-refractivity contribution in [2.45, 2.75) is 13.8 Å². The van der Waals surface area contributed by atoms with E-state index in [0.717, 1.165) is 4.90 Å². The van der Waals surface area contributed by atoms with Gasteiger partial charge in [0.25, 0.3) is 5.91 Å². The van der Waals surface area contributed by atoms with E-state index in [4.69, 9.17) is 11.6 Å². The van der Waals surface area contributed by atoms with Crippen LogP contribution in [-0.4, -0.2) is 29.2 Å². The molecule has 0 radical (unpaired) electrons. The summed E-state index contributed by atoms with van der Waals surface area (Å²) < 4.78 is 0. The molecule has 1 aliphatic heterocycles. The van der Waals surface area contributed by atoms with Gasteiger partial charge in [-0.1, -0.05) is 11.6 Å². The largest absolute Gasteiger partial charge is 0.357 e. The van der Waals surface area contributed by atoms with E-state index >= 15 is 0 Å². The summed E-state index contributed by atoms with van der Waals surface area (Å²) >= 11 is 5.98. The predicted octanol–water partition coefficient (Wildman–Crippen LogP) is 1.98. The lowest BCUT2D eigenvalue weighted by atomic mass is 10.2. The standard InChI is InChI=1S/C14H14ClN3O3/c1-8(19)16-13-5-10(3-4-12(13)15)17-11-6-14(21)18(7-11)9(2)20/h3-6,17H,7H2,1-2H3,(H,16,19). The quantitative estimate of drug-likeness (QED) is 0.895. The van der Waals surface area contributed by atoms with Crippen LogP contribution in [0.1, 0.15) is 13.8 Å². The molecule has 21 heavy (non-hydrogen) atoms. The number of rotatable bonds is 3. The fraction of sp³-hybridized carbons (Fsp3) is 0.214. The summed E-state index contributed by atoms with van der Waals surface area (Å²) in [5, 5.41) is 6.06. The fourth-order valence-electron chi connectivity index (χ4n) is 1.94. The van der Waals surface area contributed by atoms with E-state index in [2.05, 4.69) is 10.6 Å². The van der Waals surface area contributed by atoms with Crippen LogP contribution in [0.4, 0.5) is 11.4 Å². The van der Waals surface area contributed by atoms with Crippen molar-refractivity contribution in [2.24, 2.45) is 0 Å². The lowest BCUT2D eigenvalue weighted by molar-refractivity contribution is -0.138. The first kappa shape index (κ1) is 15.1. The molecule has 2 N–H and O–H groups in total. The number of nitrogens with zero attached hydrogens (tertiary/aromatic N) is 1. The van der Waals surface area contributed by atoms with Crippen LogP contribution < -0.4 is 10.6 Å². The van der Waals surface area contributed by atoms with Crippen LogP contribution in [0.2, 0.25) is 5.02 Å². The summed E-state index contributed by atoms with van der Waals surface area (Å²) in [5.74, 6) is -0.879. The minimum absolute atomic E-state index is 0.201. The minimum atomic E-state index is -0.346. The predicted molar refractivity (Wildman–Crippen MR) is 79.9 cm³/mol. The molecule has 0 atom stereocenters. The SMILES string of the molecule is CC(=O)Nc1cc(NC2=CC(=O)N(C(C)=O)C2)ccc1Cl. The van der Waals surface area contributed by atoms with Gasteiger partial charge in [0.15, 0.2) is 0 Å². The van der Waals surface area contributed by atoms with Crippen LogP contribution in [0.3, 0.4) is 0 Å². The minimum Gasteiger partial charge on any atom is -0.357 e. The van der Waals surface area contributed by atoms with Crippen LogP contribution in [0.15, 0.2) is 30.0 Å². The third-order valence-electron chi connectivity index (χ3n) is 2.85. The zero-order valence-electron chi connectivity index (χ0n) is 11.6. The van der Waals surface area contributed by atoms with E-state index in [-0.39, 0.29) is 24.3 Å². The van der Waals surface area contributed by atoms with E-state index in [1.54, 1.807) is 18.2 Å². The van der Waals surface area contributed by atoms with Crippen molar-refractivity contribution in [3.8, 4) is 0 Å². The van der Waals surface area contributed by atoms with Crippen LogP contribution in [0, 0.1) is 0 Å². The van der Waals surface area contributed by atoms with Gasteiger partial charge in [-0.15, -0.1) is 0 Å². The normalized spacial score (nSPS) is 14.0. The highest BCUT2D eigenvalue weighted by Crippen LogP contribution is 2.26. The summed E-state index contributed by atoms with van der Waals surface area (Å²) in [6.45, 7) is 2.93. The molecule has 1 aromatic carbocycles. The van der Waals surface area contributed by atoms with Gasteiger partial charge < -0.3 is 10.6 Å². The highest BCUT2D eigenvalue weighted by atomic mass is 35.5. The molecular weight excluding hydrogens is 294 g/mol. The molecule has 2 rings (SSSR count). The van der Waals surface area contributed by atoms with Crippen molar-refractivity contribution in [1.82, 2.24) is 4.90 Å². The van der Waals surface area contributed by atoms with Gasteiger partial charge in [-0.25, -0.2) is 0 Å². The smallest absolute Gasteiger partial charge is 0.255 e. The molecule has 0 bridgehead atoms. The molecule has 0 saturated carbocycles. The number of carbonyl (C=O) groups excluding carboxylic acids is 3. The Morgan fingerprint density at radius 1 is 1.29 bits per heavy atom. The average molecular weight is 308 g/mol. The van der Waals surface area contributed by atoms with Crippen molar-refractivity contribution in [1.29, 1.82) is 0 Å². The Bertz CT molecular complexity index is 655. The summed E-state index contributed by atoms with van der Waals surface area (Å²) in [4.78, 5) is 35.1. The molecule has 0 unspecified atom stereocenters. The van der Waals surface area contributed by atoms with Gasteiger partial charge in [-0.3, -0.25) is 19.3 Å². The summed E-state index contributed by atoms with van der Waals surface area (Å²) in [6, 6.07) is 5.01. The molecule has 110 valence electrons. The molecule has 7 heteroatoms. The number of hydrogen-bond donors (Lipinski definition) is 2. The number of imide groups is 1. The van der Waals surface area contributed by atoms with Crippen LogP contribution in [-0.2, 0) is 14.4 Å². The zero-order valence-corrected chi connectivity index (χ0v) is 12.3. The van der Waals surface area contributed by atoms with Gasteiger partial charge in [0.05, 0.1) is 17.3 Å². The third kappa shape index (κ3) is 3.61. The third-order valence-corrected chi connectivity index (χ3v) is 3.18. The van der Waals surface area contributed by atoms with Crippen molar-refractivity contribution in [3.63, 3.8) is 0 Å². The maximum Gasteiger partial charge on any atom is 0.255 e. The van der Waals surface area contributed by atoms with E-state index in [9.17, 15) is 14.4 Å². The highest BCUT2D eigenvalue weighted by molar-refractivity contribution is 6.33. The fourth-order valence-corrected chi connectivity index (χ4v) is 2.10. The molecule has 0 spiro atoms. The van der Waals surface area contributed by atoms with Crippen molar-refractivity contribution in [2.75, 3.05) is 17.2 Å². The first-order valence-electron chi connectivity index (χ1n) is 6.23. The summed E-state index contributed by atoms with van der Waals surface area (Å²) in [6.07, 6.45) is 1.37. The van der Waals surface area contributed by atoms with Gasteiger partial charge in [-0.05, 0) is 18.2 Å². The number of anilines is 2. The number of carbonyl (C=O) groups is 3. The molecule has 1 heterocycles. The lowest BCUT2D eigenvalue weighted by Crippen LogP contribution is -2.31. The van der Waals surface area contributed by atoms with Gasteiger partial charge in [0, 0.05) is 31.3 Å². The van der Waals surface area contributed by atoms with E-state index < -0.39 is 0 Å². The maximum atomic E-state index is 11.6. The molecule has 3 amide bonds. The number of benzene rings is 1. The average Bonchev–Trinajstić information content (AvgIpc) is 2.74. The molecule has 0 saturated heterocycles. The second kappa shape index (κ2) is 5.97. The number of amides is 3. The second-order valence-electron chi connectivity index (χ2n) is 4.61. The summed E-state index contributed by atoms with van der Waals surface area (Å²) in [7, 11) is 0. The van der Waals surface area contributed by atoms with Crippen molar-refractivity contribution >= 4 is 40.7 Å². The molecular formula is C14H14ClN3O3. The van der Waals surface area contributed by atoms with Crippen molar-refractivity contribution < 1.29 is 14.4 Å². The Morgan fingerprint density at radius 2 is 2.00 bits per heavy atom. The Morgan fingerprint density at radius 3 is 2.57 bits per heavy atom. The maximum absolute atomic E-state index is 11.6.